The summed E-state index contributed by atoms with van der Waals surface area (Å²) in [5.41, 5.74) is 0. The molecule has 1 saturated heterocycles. The smallest absolute Gasteiger partial charge is 0.212 e. The molecule has 0 radical (unpaired) electrons. The van der Waals surface area contributed by atoms with Gasteiger partial charge in [-0.25, -0.2) is 21.6 Å². The average Bonchev–Trinajstić information content (AvgIpc) is 2.27. The third-order valence-corrected chi connectivity index (χ3v) is 5.65. The number of nitrogens with one attached hydrogen (secondary N) is 2. The van der Waals surface area contributed by atoms with Gasteiger partial charge in [-0.15, -0.1) is 0 Å². The van der Waals surface area contributed by atoms with Crippen LogP contribution in [0.1, 0.15) is 19.3 Å². The SMILES string of the molecule is CS(=O)(=O)CCS(=O)(=O)NCCC1CCNCC1. The molecule has 0 unspecified atom stereocenters. The lowest BCUT2D eigenvalue weighted by Gasteiger charge is -2.22. The van der Waals surface area contributed by atoms with E-state index < -0.39 is 19.9 Å². The molecule has 0 aromatic rings. The summed E-state index contributed by atoms with van der Waals surface area (Å²) in [6.45, 7) is 2.38. The fraction of sp³-hybridized carbons (Fsp3) is 1.00. The monoisotopic (exact) mass is 298 g/mol. The summed E-state index contributed by atoms with van der Waals surface area (Å²) in [6, 6.07) is 0. The summed E-state index contributed by atoms with van der Waals surface area (Å²) in [5.74, 6) is -0.114. The standard InChI is InChI=1S/C10H22N2O4S2/c1-17(13,14)8-9-18(15,16)12-7-4-10-2-5-11-6-3-10/h10-12H,2-9H2,1H3. The Labute approximate surface area is 110 Å². The van der Waals surface area contributed by atoms with Gasteiger partial charge >= 0.3 is 0 Å². The molecule has 0 bridgehead atoms. The summed E-state index contributed by atoms with van der Waals surface area (Å²) in [6.07, 6.45) is 4.01. The van der Waals surface area contributed by atoms with Gasteiger partial charge < -0.3 is 5.32 Å². The van der Waals surface area contributed by atoms with Gasteiger partial charge in [0.25, 0.3) is 0 Å². The second-order valence-electron chi connectivity index (χ2n) is 4.83. The number of hydrogen-bond acceptors (Lipinski definition) is 5. The summed E-state index contributed by atoms with van der Waals surface area (Å²) in [7, 11) is -6.69. The summed E-state index contributed by atoms with van der Waals surface area (Å²) in [5, 5.41) is 3.25. The molecule has 0 amide bonds. The Morgan fingerprint density at radius 2 is 1.72 bits per heavy atom. The van der Waals surface area contributed by atoms with Crippen LogP contribution in [0.25, 0.3) is 0 Å². The van der Waals surface area contributed by atoms with E-state index in [-0.39, 0.29) is 11.5 Å². The topological polar surface area (TPSA) is 92.3 Å². The molecule has 1 fully saturated rings. The highest BCUT2D eigenvalue weighted by atomic mass is 32.2. The summed E-state index contributed by atoms with van der Waals surface area (Å²) >= 11 is 0. The van der Waals surface area contributed by atoms with Crippen LogP contribution in [0.5, 0.6) is 0 Å². The van der Waals surface area contributed by atoms with Crippen LogP contribution in [-0.4, -0.2) is 54.2 Å². The summed E-state index contributed by atoms with van der Waals surface area (Å²) in [4.78, 5) is 0. The lowest BCUT2D eigenvalue weighted by Crippen LogP contribution is -2.33. The highest BCUT2D eigenvalue weighted by Gasteiger charge is 2.16. The number of sulfonamides is 1. The third-order valence-electron chi connectivity index (χ3n) is 3.06. The highest BCUT2D eigenvalue weighted by molar-refractivity contribution is 7.93. The first-order valence-electron chi connectivity index (χ1n) is 6.14. The second-order valence-corrected chi connectivity index (χ2v) is 9.01. The largest absolute Gasteiger partial charge is 0.317 e. The van der Waals surface area contributed by atoms with E-state index in [9.17, 15) is 16.8 Å². The molecule has 1 rings (SSSR count). The Kier molecular flexibility index (Phi) is 6.03. The maximum atomic E-state index is 11.5. The van der Waals surface area contributed by atoms with Crippen LogP contribution in [0, 0.1) is 5.92 Å². The molecule has 6 nitrogen and oxygen atoms in total. The van der Waals surface area contributed by atoms with Crippen molar-refractivity contribution >= 4 is 19.9 Å². The Morgan fingerprint density at radius 1 is 1.11 bits per heavy atom. The minimum atomic E-state index is -3.46. The van der Waals surface area contributed by atoms with Crippen molar-refractivity contribution in [2.24, 2.45) is 5.92 Å². The zero-order valence-electron chi connectivity index (χ0n) is 10.7. The van der Waals surface area contributed by atoms with Crippen LogP contribution in [0.15, 0.2) is 0 Å². The summed E-state index contributed by atoms with van der Waals surface area (Å²) < 4.78 is 47.3. The maximum absolute atomic E-state index is 11.5. The average molecular weight is 298 g/mol. The first-order valence-corrected chi connectivity index (χ1v) is 9.85. The Hall–Kier alpha value is -0.180. The first-order chi connectivity index (χ1) is 8.29. The van der Waals surface area contributed by atoms with E-state index in [0.29, 0.717) is 12.5 Å². The van der Waals surface area contributed by atoms with Crippen molar-refractivity contribution in [1.29, 1.82) is 0 Å². The zero-order valence-corrected chi connectivity index (χ0v) is 12.3. The molecule has 18 heavy (non-hydrogen) atoms. The van der Waals surface area contributed by atoms with Crippen molar-refractivity contribution in [2.45, 2.75) is 19.3 Å². The first kappa shape index (κ1) is 15.9. The van der Waals surface area contributed by atoms with E-state index in [0.717, 1.165) is 38.6 Å². The lowest BCUT2D eigenvalue weighted by atomic mass is 9.95. The molecular weight excluding hydrogens is 276 g/mol. The molecule has 0 aromatic carbocycles. The molecule has 0 aliphatic carbocycles. The van der Waals surface area contributed by atoms with Crippen molar-refractivity contribution < 1.29 is 16.8 Å². The van der Waals surface area contributed by atoms with Crippen LogP contribution in [-0.2, 0) is 19.9 Å². The Morgan fingerprint density at radius 3 is 2.28 bits per heavy atom. The molecule has 0 spiro atoms. The molecule has 0 saturated carbocycles. The molecule has 1 aliphatic rings. The molecule has 0 atom stereocenters. The fourth-order valence-corrected chi connectivity index (χ4v) is 4.58. The lowest BCUT2D eigenvalue weighted by molar-refractivity contribution is 0.354. The Balaban J connectivity index is 2.24. The molecular formula is C10H22N2O4S2. The second kappa shape index (κ2) is 6.83. The molecule has 108 valence electrons. The van der Waals surface area contributed by atoms with Gasteiger partial charge in [-0.2, -0.15) is 0 Å². The van der Waals surface area contributed by atoms with Gasteiger partial charge in [0.15, 0.2) is 0 Å². The van der Waals surface area contributed by atoms with Crippen LogP contribution in [0.4, 0.5) is 0 Å². The minimum absolute atomic E-state index is 0.324. The van der Waals surface area contributed by atoms with Crippen molar-refractivity contribution in [3.63, 3.8) is 0 Å². The van der Waals surface area contributed by atoms with Crippen LogP contribution in [0.2, 0.25) is 0 Å². The molecule has 1 aliphatic heterocycles. The zero-order chi connectivity index (χ0) is 13.6. The van der Waals surface area contributed by atoms with Gasteiger partial charge in [0.1, 0.15) is 9.84 Å². The van der Waals surface area contributed by atoms with Crippen molar-refractivity contribution in [2.75, 3.05) is 37.4 Å². The number of hydrogen-bond donors (Lipinski definition) is 2. The Bertz CT molecular complexity index is 438. The van der Waals surface area contributed by atoms with Gasteiger partial charge in [0.05, 0.1) is 11.5 Å². The predicted octanol–water partition coefficient (Wildman–Crippen LogP) is -0.660. The van der Waals surface area contributed by atoms with Crippen LogP contribution < -0.4 is 10.0 Å². The van der Waals surface area contributed by atoms with Crippen molar-refractivity contribution in [3.8, 4) is 0 Å². The molecule has 2 N–H and O–H groups in total. The quantitative estimate of drug-likeness (QED) is 0.651. The van der Waals surface area contributed by atoms with Gasteiger partial charge in [-0.05, 0) is 38.3 Å². The third kappa shape index (κ3) is 7.30. The molecule has 0 aromatic heterocycles. The van der Waals surface area contributed by atoms with E-state index >= 15 is 0 Å². The minimum Gasteiger partial charge on any atom is -0.317 e. The van der Waals surface area contributed by atoms with Crippen molar-refractivity contribution in [3.05, 3.63) is 0 Å². The number of sulfone groups is 1. The van der Waals surface area contributed by atoms with Gasteiger partial charge in [0, 0.05) is 12.8 Å². The van der Waals surface area contributed by atoms with Gasteiger partial charge in [-0.3, -0.25) is 0 Å². The highest BCUT2D eigenvalue weighted by Crippen LogP contribution is 2.14. The van der Waals surface area contributed by atoms with E-state index in [1.165, 1.54) is 0 Å². The van der Waals surface area contributed by atoms with E-state index in [1.54, 1.807) is 0 Å². The maximum Gasteiger partial charge on any atom is 0.212 e. The van der Waals surface area contributed by atoms with Crippen LogP contribution in [0.3, 0.4) is 0 Å². The van der Waals surface area contributed by atoms with Gasteiger partial charge in [-0.1, -0.05) is 0 Å². The predicted molar refractivity (Wildman–Crippen MR) is 71.7 cm³/mol. The van der Waals surface area contributed by atoms with E-state index in [1.807, 2.05) is 0 Å². The van der Waals surface area contributed by atoms with E-state index in [2.05, 4.69) is 10.0 Å². The van der Waals surface area contributed by atoms with E-state index in [4.69, 9.17) is 0 Å². The normalized spacial score (nSPS) is 18.9. The van der Waals surface area contributed by atoms with Gasteiger partial charge in [0.2, 0.25) is 10.0 Å². The number of rotatable bonds is 7. The number of piperidine rings is 1. The van der Waals surface area contributed by atoms with Crippen LogP contribution >= 0.6 is 0 Å². The molecule has 1 heterocycles. The van der Waals surface area contributed by atoms with Crippen molar-refractivity contribution in [1.82, 2.24) is 10.0 Å². The fourth-order valence-electron chi connectivity index (χ4n) is 1.92. The molecule has 8 heteroatoms.